The van der Waals surface area contributed by atoms with Crippen LogP contribution in [0.25, 0.3) is 0 Å². The molecule has 2 rings (SSSR count). The number of imidazole rings is 1. The molecule has 1 fully saturated rings. The molecule has 1 aliphatic rings. The highest BCUT2D eigenvalue weighted by Crippen LogP contribution is 2.24. The molecule has 10 heteroatoms. The number of ether oxygens (including phenoxy) is 4. The van der Waals surface area contributed by atoms with E-state index in [0.717, 1.165) is 109 Å². The van der Waals surface area contributed by atoms with Crippen LogP contribution >= 0.6 is 0 Å². The average Bonchev–Trinajstić information content (AvgIpc) is 3.96. The van der Waals surface area contributed by atoms with Gasteiger partial charge in [-0.05, 0) is 70.8 Å². The Morgan fingerprint density at radius 2 is 1.06 bits per heavy atom. The van der Waals surface area contributed by atoms with Gasteiger partial charge in [0.25, 0.3) is 0 Å². The number of hydrogen-bond acceptors (Lipinski definition) is 9. The predicted octanol–water partition coefficient (Wildman–Crippen LogP) is 13.7. The summed E-state index contributed by atoms with van der Waals surface area (Å²) in [6.07, 6.45) is 43.8. The number of nitrogens with zero attached hydrogens (tertiary/aromatic N) is 3. The van der Waals surface area contributed by atoms with Gasteiger partial charge in [-0.25, -0.2) is 4.98 Å². The van der Waals surface area contributed by atoms with Crippen LogP contribution in [-0.4, -0.2) is 83.5 Å². The lowest BCUT2D eigenvalue weighted by Crippen LogP contribution is -2.38. The van der Waals surface area contributed by atoms with Crippen LogP contribution in [-0.2, 0) is 39.9 Å². The Bertz CT molecular complexity index is 1180. The number of hydrogen-bond donors (Lipinski definition) is 0. The summed E-state index contributed by atoms with van der Waals surface area (Å²) in [6.45, 7) is 10.7. The molecule has 10 nitrogen and oxygen atoms in total. The fourth-order valence-corrected chi connectivity index (χ4v) is 8.80. The summed E-state index contributed by atoms with van der Waals surface area (Å²) >= 11 is 0. The highest BCUT2D eigenvalue weighted by atomic mass is 16.5. The second kappa shape index (κ2) is 41.0. The number of unbranched alkanes of at least 4 members (excludes halogenated alkanes) is 24. The van der Waals surface area contributed by atoms with Gasteiger partial charge in [0.05, 0.1) is 25.6 Å². The van der Waals surface area contributed by atoms with Gasteiger partial charge in [0.15, 0.2) is 0 Å². The molecule has 0 spiro atoms. The highest BCUT2D eigenvalue weighted by Gasteiger charge is 2.38. The van der Waals surface area contributed by atoms with Gasteiger partial charge >= 0.3 is 17.9 Å². The molecule has 1 unspecified atom stereocenters. The second-order valence-electron chi connectivity index (χ2n) is 18.7. The van der Waals surface area contributed by atoms with Gasteiger partial charge < -0.3 is 23.5 Å². The quantitative estimate of drug-likeness (QED) is 0.0359. The Morgan fingerprint density at radius 3 is 1.63 bits per heavy atom. The summed E-state index contributed by atoms with van der Waals surface area (Å²) < 4.78 is 25.7. The second-order valence-corrected chi connectivity index (χ2v) is 18.7. The van der Waals surface area contributed by atoms with E-state index in [-0.39, 0.29) is 36.2 Å². The van der Waals surface area contributed by atoms with Crippen LogP contribution in [0.3, 0.4) is 0 Å². The van der Waals surface area contributed by atoms with Crippen molar-refractivity contribution in [1.29, 1.82) is 0 Å². The first-order valence-electron chi connectivity index (χ1n) is 26.8. The smallest absolute Gasteiger partial charge is 0.323 e. The third-order valence-electron chi connectivity index (χ3n) is 12.8. The summed E-state index contributed by atoms with van der Waals surface area (Å²) in [4.78, 5) is 44.9. The minimum absolute atomic E-state index is 0.00515. The fraction of sp³-hybridized carbons (Fsp3) is 0.887. The molecule has 63 heavy (non-hydrogen) atoms. The number of carbonyl (C=O) groups excluding carboxylic acids is 3. The number of esters is 3. The maximum atomic E-state index is 13.4. The van der Waals surface area contributed by atoms with Crippen molar-refractivity contribution < 1.29 is 33.3 Å². The molecular formula is C53H97N3O7. The first kappa shape index (κ1) is 56.7. The summed E-state index contributed by atoms with van der Waals surface area (Å²) in [5, 5.41) is 0. The van der Waals surface area contributed by atoms with E-state index in [1.165, 1.54) is 109 Å². The first-order valence-corrected chi connectivity index (χ1v) is 26.8. The molecule has 1 aliphatic heterocycles. The molecule has 366 valence electrons. The summed E-state index contributed by atoms with van der Waals surface area (Å²) in [6, 6.07) is -0.304. The third kappa shape index (κ3) is 32.0. The summed E-state index contributed by atoms with van der Waals surface area (Å²) in [7, 11) is 0. The maximum absolute atomic E-state index is 13.4. The van der Waals surface area contributed by atoms with Gasteiger partial charge in [0.2, 0.25) is 0 Å². The molecule has 0 aromatic carbocycles. The van der Waals surface area contributed by atoms with E-state index in [1.54, 1.807) is 6.20 Å². The van der Waals surface area contributed by atoms with Crippen LogP contribution in [0.15, 0.2) is 18.7 Å². The number of likely N-dealkylation sites (tertiary alicyclic amines) is 1. The monoisotopic (exact) mass is 888 g/mol. The standard InChI is InChI=1S/C53H97N3O7/c1-4-7-10-13-16-17-18-23-31-42-61-51(57)36-29-25-30-40-56-46-49(60-44-33-39-55-41-38-54-47-55)45-50(56)53(59)62-43-32-24-19-22-28-37-52(58)63-48(34-26-20-14-11-8-5-2)35-27-21-15-12-9-6-3/h38,41,47-50H,4-37,39-40,42-46H2,1-3H3/t49?,50-/m0/s1. The summed E-state index contributed by atoms with van der Waals surface area (Å²) in [5.41, 5.74) is 0. The van der Waals surface area contributed by atoms with Crippen LogP contribution in [0, 0.1) is 0 Å². The minimum Gasteiger partial charge on any atom is -0.466 e. The summed E-state index contributed by atoms with van der Waals surface area (Å²) in [5.74, 6) is -0.279. The molecule has 1 saturated heterocycles. The molecule has 0 saturated carbocycles. The van der Waals surface area contributed by atoms with Crippen molar-refractivity contribution in [3.05, 3.63) is 18.7 Å². The van der Waals surface area contributed by atoms with E-state index in [2.05, 4.69) is 35.2 Å². The van der Waals surface area contributed by atoms with Crippen LogP contribution in [0.5, 0.6) is 0 Å². The fourth-order valence-electron chi connectivity index (χ4n) is 8.80. The molecule has 0 N–H and O–H groups in total. The van der Waals surface area contributed by atoms with E-state index >= 15 is 0 Å². The van der Waals surface area contributed by atoms with Crippen molar-refractivity contribution in [3.63, 3.8) is 0 Å². The van der Waals surface area contributed by atoms with Crippen molar-refractivity contribution in [3.8, 4) is 0 Å². The van der Waals surface area contributed by atoms with Gasteiger partial charge in [-0.1, -0.05) is 162 Å². The molecule has 2 atom stereocenters. The maximum Gasteiger partial charge on any atom is 0.323 e. The zero-order valence-corrected chi connectivity index (χ0v) is 41.2. The predicted molar refractivity (Wildman–Crippen MR) is 258 cm³/mol. The molecule has 0 amide bonds. The topological polar surface area (TPSA) is 109 Å². The third-order valence-corrected chi connectivity index (χ3v) is 12.8. The number of rotatable bonds is 45. The molecule has 2 heterocycles. The zero-order valence-electron chi connectivity index (χ0n) is 41.2. The lowest BCUT2D eigenvalue weighted by molar-refractivity contribution is -0.150. The average molecular weight is 888 g/mol. The number of aryl methyl sites for hydroxylation is 1. The van der Waals surface area contributed by atoms with E-state index in [9.17, 15) is 14.4 Å². The van der Waals surface area contributed by atoms with E-state index in [4.69, 9.17) is 18.9 Å². The van der Waals surface area contributed by atoms with Crippen molar-refractivity contribution in [1.82, 2.24) is 14.5 Å². The Labute approximate surface area is 386 Å². The molecule has 1 aromatic heterocycles. The number of aromatic nitrogens is 2. The van der Waals surface area contributed by atoms with E-state index in [1.807, 2.05) is 12.5 Å². The van der Waals surface area contributed by atoms with Crippen LogP contribution in [0.4, 0.5) is 0 Å². The molecule has 0 aliphatic carbocycles. The van der Waals surface area contributed by atoms with E-state index in [0.29, 0.717) is 45.6 Å². The molecule has 0 radical (unpaired) electrons. The largest absolute Gasteiger partial charge is 0.466 e. The normalized spacial score (nSPS) is 15.4. The highest BCUT2D eigenvalue weighted by molar-refractivity contribution is 5.76. The lowest BCUT2D eigenvalue weighted by Gasteiger charge is -2.22. The Kier molecular flexibility index (Phi) is 36.9. The van der Waals surface area contributed by atoms with Crippen LogP contribution in [0.2, 0.25) is 0 Å². The molecule has 1 aromatic rings. The Balaban J connectivity index is 1.64. The molecular weight excluding hydrogens is 791 g/mol. The Morgan fingerprint density at radius 1 is 0.556 bits per heavy atom. The van der Waals surface area contributed by atoms with Crippen LogP contribution < -0.4 is 0 Å². The van der Waals surface area contributed by atoms with Crippen molar-refractivity contribution in [2.45, 2.75) is 270 Å². The lowest BCUT2D eigenvalue weighted by atomic mass is 10.0. The number of carbonyl (C=O) groups is 3. The molecule has 0 bridgehead atoms. The van der Waals surface area contributed by atoms with Crippen LogP contribution in [0.1, 0.15) is 245 Å². The van der Waals surface area contributed by atoms with Gasteiger partial charge in [-0.3, -0.25) is 19.3 Å². The van der Waals surface area contributed by atoms with Gasteiger partial charge in [0.1, 0.15) is 12.1 Å². The van der Waals surface area contributed by atoms with Crippen molar-refractivity contribution >= 4 is 17.9 Å². The van der Waals surface area contributed by atoms with Crippen molar-refractivity contribution in [2.24, 2.45) is 0 Å². The minimum atomic E-state index is -0.304. The van der Waals surface area contributed by atoms with E-state index < -0.39 is 0 Å². The van der Waals surface area contributed by atoms with Gasteiger partial charge in [0, 0.05) is 51.4 Å². The first-order chi connectivity index (χ1) is 31.0. The van der Waals surface area contributed by atoms with Gasteiger partial charge in [-0.2, -0.15) is 0 Å². The Hall–Kier alpha value is -2.46. The van der Waals surface area contributed by atoms with Gasteiger partial charge in [-0.15, -0.1) is 0 Å². The SMILES string of the molecule is CCCCCCCCCCCOC(=O)CCCCCN1CC(OCCCn2ccnc2)C[C@H]1C(=O)OCCCCCCCC(=O)OC(CCCCCCCC)CCCCCCCC. The zero-order chi connectivity index (χ0) is 45.3. The van der Waals surface area contributed by atoms with Crippen molar-refractivity contribution in [2.75, 3.05) is 32.9 Å².